The number of thioether (sulfide) groups is 1. The fourth-order valence-electron chi connectivity index (χ4n) is 2.47. The van der Waals surface area contributed by atoms with E-state index in [2.05, 4.69) is 36.2 Å². The van der Waals surface area contributed by atoms with Crippen molar-refractivity contribution in [2.45, 2.75) is 12.5 Å². The normalized spacial score (nSPS) is 16.6. The monoisotopic (exact) mass is 283 g/mol. The second-order valence-electron chi connectivity index (χ2n) is 4.68. The van der Waals surface area contributed by atoms with Crippen LogP contribution >= 0.6 is 11.8 Å². The highest BCUT2D eigenvalue weighted by Gasteiger charge is 2.41. The third kappa shape index (κ3) is 2.34. The van der Waals surface area contributed by atoms with Crippen LogP contribution in [-0.2, 0) is 10.3 Å². The molecule has 102 valence electrons. The first-order valence-corrected chi connectivity index (χ1v) is 7.81. The van der Waals surface area contributed by atoms with Crippen molar-refractivity contribution in [3.63, 3.8) is 0 Å². The van der Waals surface area contributed by atoms with Gasteiger partial charge in [-0.25, -0.2) is 4.99 Å². The van der Waals surface area contributed by atoms with Gasteiger partial charge < -0.3 is 4.74 Å². The topological polar surface area (TPSA) is 21.6 Å². The molecular formula is C17H17NOS. The molecule has 20 heavy (non-hydrogen) atoms. The van der Waals surface area contributed by atoms with Crippen LogP contribution in [0.5, 0.6) is 0 Å². The molecule has 0 fully saturated rings. The SMILES string of the molecule is CCSC1=NCC(c2ccccc2)(c2ccccc2)O1. The molecule has 0 radical (unpaired) electrons. The van der Waals surface area contributed by atoms with E-state index in [0.717, 1.165) is 22.1 Å². The molecule has 2 nitrogen and oxygen atoms in total. The lowest BCUT2D eigenvalue weighted by atomic mass is 9.86. The van der Waals surface area contributed by atoms with Crippen LogP contribution in [0.4, 0.5) is 0 Å². The first-order valence-electron chi connectivity index (χ1n) is 6.82. The summed E-state index contributed by atoms with van der Waals surface area (Å²) in [5, 5.41) is 0.792. The molecule has 3 rings (SSSR count). The number of hydrogen-bond acceptors (Lipinski definition) is 3. The van der Waals surface area contributed by atoms with Gasteiger partial charge in [0.1, 0.15) is 0 Å². The molecule has 2 aromatic rings. The van der Waals surface area contributed by atoms with Crippen LogP contribution in [0.3, 0.4) is 0 Å². The molecule has 2 aromatic carbocycles. The zero-order valence-electron chi connectivity index (χ0n) is 11.5. The number of ether oxygens (including phenoxy) is 1. The van der Waals surface area contributed by atoms with E-state index in [-0.39, 0.29) is 0 Å². The number of benzene rings is 2. The van der Waals surface area contributed by atoms with E-state index in [4.69, 9.17) is 4.74 Å². The summed E-state index contributed by atoms with van der Waals surface area (Å²) < 4.78 is 6.27. The Hall–Kier alpha value is -1.74. The summed E-state index contributed by atoms with van der Waals surface area (Å²) >= 11 is 1.66. The fraction of sp³-hybridized carbons (Fsp3) is 0.235. The summed E-state index contributed by atoms with van der Waals surface area (Å²) in [6, 6.07) is 20.7. The van der Waals surface area contributed by atoms with Gasteiger partial charge in [0.25, 0.3) is 0 Å². The maximum Gasteiger partial charge on any atom is 0.247 e. The fourth-order valence-corrected chi connectivity index (χ4v) is 3.07. The van der Waals surface area contributed by atoms with E-state index in [1.54, 1.807) is 11.8 Å². The highest BCUT2D eigenvalue weighted by Crippen LogP contribution is 2.39. The summed E-state index contributed by atoms with van der Waals surface area (Å²) in [5.41, 5.74) is 1.84. The van der Waals surface area contributed by atoms with E-state index in [9.17, 15) is 0 Å². The molecule has 0 atom stereocenters. The lowest BCUT2D eigenvalue weighted by molar-refractivity contribution is 0.137. The van der Waals surface area contributed by atoms with Gasteiger partial charge in [-0.2, -0.15) is 0 Å². The first-order chi connectivity index (χ1) is 9.85. The van der Waals surface area contributed by atoms with Crippen LogP contribution in [0, 0.1) is 0 Å². The van der Waals surface area contributed by atoms with Gasteiger partial charge in [0.15, 0.2) is 5.60 Å². The van der Waals surface area contributed by atoms with Gasteiger partial charge in [-0.1, -0.05) is 79.3 Å². The summed E-state index contributed by atoms with van der Waals surface area (Å²) in [6.45, 7) is 2.75. The van der Waals surface area contributed by atoms with Crippen molar-refractivity contribution < 1.29 is 4.74 Å². The molecule has 0 amide bonds. The maximum atomic E-state index is 6.27. The van der Waals surface area contributed by atoms with Gasteiger partial charge in [-0.05, 0) is 5.75 Å². The van der Waals surface area contributed by atoms with Gasteiger partial charge in [0.2, 0.25) is 5.23 Å². The van der Waals surface area contributed by atoms with E-state index < -0.39 is 5.60 Å². The minimum absolute atomic E-state index is 0.472. The van der Waals surface area contributed by atoms with Gasteiger partial charge in [-0.3, -0.25) is 0 Å². The Morgan fingerprint density at radius 2 is 1.55 bits per heavy atom. The Morgan fingerprint density at radius 1 is 1.00 bits per heavy atom. The Morgan fingerprint density at radius 3 is 2.05 bits per heavy atom. The second-order valence-corrected chi connectivity index (χ2v) is 5.89. The minimum Gasteiger partial charge on any atom is -0.455 e. The van der Waals surface area contributed by atoms with Crippen molar-refractivity contribution in [1.29, 1.82) is 0 Å². The van der Waals surface area contributed by atoms with Crippen LogP contribution in [0.15, 0.2) is 65.7 Å². The molecular weight excluding hydrogens is 266 g/mol. The molecule has 0 aliphatic carbocycles. The van der Waals surface area contributed by atoms with E-state index in [0.29, 0.717) is 6.54 Å². The Kier molecular flexibility index (Phi) is 3.79. The van der Waals surface area contributed by atoms with Crippen molar-refractivity contribution >= 4 is 17.0 Å². The van der Waals surface area contributed by atoms with Crippen LogP contribution in [-0.4, -0.2) is 17.5 Å². The standard InChI is InChI=1S/C17H17NOS/c1-2-20-16-18-13-17(19-16,14-9-5-3-6-10-14)15-11-7-4-8-12-15/h3-12H,2,13H2,1H3. The van der Waals surface area contributed by atoms with Crippen molar-refractivity contribution in [2.75, 3.05) is 12.3 Å². The molecule has 0 spiro atoms. The van der Waals surface area contributed by atoms with Crippen molar-refractivity contribution in [1.82, 2.24) is 0 Å². The summed E-state index contributed by atoms with van der Waals surface area (Å²) in [5.74, 6) is 0.971. The number of hydrogen-bond donors (Lipinski definition) is 0. The lowest BCUT2D eigenvalue weighted by Gasteiger charge is -2.29. The highest BCUT2D eigenvalue weighted by atomic mass is 32.2. The van der Waals surface area contributed by atoms with Crippen molar-refractivity contribution in [3.05, 3.63) is 71.8 Å². The number of nitrogens with zero attached hydrogens (tertiary/aromatic N) is 1. The highest BCUT2D eigenvalue weighted by molar-refractivity contribution is 8.13. The van der Waals surface area contributed by atoms with Crippen LogP contribution < -0.4 is 0 Å². The van der Waals surface area contributed by atoms with Crippen molar-refractivity contribution in [2.24, 2.45) is 4.99 Å². The number of aliphatic imine (C=N–C) groups is 1. The molecule has 1 aliphatic heterocycles. The Labute approximate surface area is 123 Å². The largest absolute Gasteiger partial charge is 0.455 e. The molecule has 0 N–H and O–H groups in total. The molecule has 0 saturated heterocycles. The zero-order chi connectivity index (χ0) is 13.8. The second kappa shape index (κ2) is 5.71. The summed E-state index contributed by atoms with van der Waals surface area (Å²) in [4.78, 5) is 4.59. The summed E-state index contributed by atoms with van der Waals surface area (Å²) in [6.07, 6.45) is 0. The van der Waals surface area contributed by atoms with E-state index in [1.807, 2.05) is 36.4 Å². The molecule has 1 heterocycles. The first kappa shape index (κ1) is 13.3. The quantitative estimate of drug-likeness (QED) is 0.847. The Balaban J connectivity index is 2.03. The average molecular weight is 283 g/mol. The van der Waals surface area contributed by atoms with Gasteiger partial charge >= 0.3 is 0 Å². The predicted molar refractivity (Wildman–Crippen MR) is 85.2 cm³/mol. The predicted octanol–water partition coefficient (Wildman–Crippen LogP) is 4.07. The van der Waals surface area contributed by atoms with Crippen LogP contribution in [0.25, 0.3) is 0 Å². The van der Waals surface area contributed by atoms with E-state index >= 15 is 0 Å². The molecule has 0 aromatic heterocycles. The van der Waals surface area contributed by atoms with Gasteiger partial charge in [-0.15, -0.1) is 0 Å². The third-order valence-electron chi connectivity index (χ3n) is 3.44. The smallest absolute Gasteiger partial charge is 0.247 e. The molecule has 0 unspecified atom stereocenters. The number of rotatable bonds is 3. The molecule has 0 saturated carbocycles. The molecule has 1 aliphatic rings. The maximum absolute atomic E-state index is 6.27. The summed E-state index contributed by atoms with van der Waals surface area (Å²) in [7, 11) is 0. The molecule has 0 bridgehead atoms. The third-order valence-corrected chi connectivity index (χ3v) is 4.19. The molecule has 3 heteroatoms. The van der Waals surface area contributed by atoms with Gasteiger partial charge in [0.05, 0.1) is 6.54 Å². The van der Waals surface area contributed by atoms with Crippen LogP contribution in [0.2, 0.25) is 0 Å². The van der Waals surface area contributed by atoms with Crippen LogP contribution in [0.1, 0.15) is 18.1 Å². The van der Waals surface area contributed by atoms with Crippen molar-refractivity contribution in [3.8, 4) is 0 Å². The van der Waals surface area contributed by atoms with E-state index in [1.165, 1.54) is 0 Å². The zero-order valence-corrected chi connectivity index (χ0v) is 12.3. The lowest BCUT2D eigenvalue weighted by Crippen LogP contribution is -2.31. The van der Waals surface area contributed by atoms with Gasteiger partial charge in [0, 0.05) is 11.1 Å². The Bertz CT molecular complexity index is 555. The minimum atomic E-state index is -0.472. The average Bonchev–Trinajstić information content (AvgIpc) is 2.95.